The Morgan fingerprint density at radius 1 is 1.03 bits per heavy atom. The van der Waals surface area contributed by atoms with Gasteiger partial charge in [-0.1, -0.05) is 61.9 Å². The maximum atomic E-state index is 12.5. The van der Waals surface area contributed by atoms with Gasteiger partial charge in [-0.05, 0) is 42.0 Å². The number of hydrogen-bond acceptors (Lipinski definition) is 4. The van der Waals surface area contributed by atoms with Gasteiger partial charge in [0.2, 0.25) is 5.91 Å². The van der Waals surface area contributed by atoms with Crippen LogP contribution in [0.4, 0.5) is 4.79 Å². The molecule has 0 aromatic heterocycles. The van der Waals surface area contributed by atoms with Crippen LogP contribution in [0.25, 0.3) is 11.1 Å². The second kappa shape index (κ2) is 9.25. The lowest BCUT2D eigenvalue weighted by atomic mass is 9.68. The minimum atomic E-state index is -0.869. The Hall–Kier alpha value is -3.35. The number of hydrogen-bond donors (Lipinski definition) is 3. The summed E-state index contributed by atoms with van der Waals surface area (Å²) in [6.07, 6.45) is 1.43. The van der Waals surface area contributed by atoms with Crippen molar-refractivity contribution in [2.45, 2.75) is 45.1 Å². The number of nitrogens with one attached hydrogen (secondary N) is 2. The van der Waals surface area contributed by atoms with E-state index >= 15 is 0 Å². The lowest BCUT2D eigenvalue weighted by Gasteiger charge is -2.38. The molecule has 2 aromatic carbocycles. The Kier molecular flexibility index (Phi) is 6.40. The molecule has 0 heterocycles. The molecule has 7 nitrogen and oxygen atoms in total. The van der Waals surface area contributed by atoms with Gasteiger partial charge in [-0.3, -0.25) is 9.59 Å². The van der Waals surface area contributed by atoms with Crippen molar-refractivity contribution in [3.8, 4) is 11.1 Å². The first-order valence-corrected chi connectivity index (χ1v) is 11.4. The fourth-order valence-corrected chi connectivity index (χ4v) is 4.67. The Balaban J connectivity index is 1.30. The van der Waals surface area contributed by atoms with Gasteiger partial charge in [-0.2, -0.15) is 0 Å². The number of carbonyl (C=O) groups is 3. The van der Waals surface area contributed by atoms with Gasteiger partial charge in [0.05, 0.1) is 11.3 Å². The predicted molar refractivity (Wildman–Crippen MR) is 124 cm³/mol. The molecule has 1 fully saturated rings. The average molecular weight is 451 g/mol. The van der Waals surface area contributed by atoms with Gasteiger partial charge in [-0.15, -0.1) is 0 Å². The van der Waals surface area contributed by atoms with E-state index in [0.717, 1.165) is 28.7 Å². The highest BCUT2D eigenvalue weighted by atomic mass is 16.5. The number of ether oxygens (including phenoxy) is 1. The molecule has 33 heavy (non-hydrogen) atoms. The van der Waals surface area contributed by atoms with Gasteiger partial charge in [0.15, 0.2) is 0 Å². The molecule has 2 atom stereocenters. The summed E-state index contributed by atoms with van der Waals surface area (Å²) in [4.78, 5) is 36.5. The number of rotatable bonds is 8. The average Bonchev–Trinajstić information content (AvgIpc) is 3.09. The zero-order valence-electron chi connectivity index (χ0n) is 19.0. The van der Waals surface area contributed by atoms with E-state index in [1.54, 1.807) is 13.8 Å². The molecule has 2 unspecified atom stereocenters. The van der Waals surface area contributed by atoms with Crippen LogP contribution in [0.5, 0.6) is 0 Å². The molecule has 0 spiro atoms. The topological polar surface area (TPSA) is 105 Å². The molecule has 2 aromatic rings. The first-order chi connectivity index (χ1) is 15.8. The summed E-state index contributed by atoms with van der Waals surface area (Å²) in [6.45, 7) is 3.76. The lowest BCUT2D eigenvalue weighted by molar-refractivity contribution is -0.154. The van der Waals surface area contributed by atoms with Crippen molar-refractivity contribution in [3.05, 3.63) is 59.7 Å². The summed E-state index contributed by atoms with van der Waals surface area (Å²) in [5.74, 6) is -1.72. The Bertz CT molecular complexity index is 1020. The number of carboxylic acid groups (broad SMARTS) is 1. The molecule has 0 bridgehead atoms. The van der Waals surface area contributed by atoms with Crippen LogP contribution in [0.15, 0.2) is 48.5 Å². The van der Waals surface area contributed by atoms with Crippen LogP contribution >= 0.6 is 0 Å². The van der Waals surface area contributed by atoms with Crippen molar-refractivity contribution in [2.75, 3.05) is 13.2 Å². The van der Waals surface area contributed by atoms with E-state index in [0.29, 0.717) is 12.8 Å². The molecule has 0 saturated heterocycles. The van der Waals surface area contributed by atoms with E-state index in [2.05, 4.69) is 34.9 Å². The van der Waals surface area contributed by atoms with E-state index < -0.39 is 29.4 Å². The summed E-state index contributed by atoms with van der Waals surface area (Å²) < 4.78 is 5.55. The number of amides is 2. The Morgan fingerprint density at radius 2 is 1.61 bits per heavy atom. The second-order valence-corrected chi connectivity index (χ2v) is 9.20. The molecule has 4 rings (SSSR count). The molecule has 0 aliphatic heterocycles. The van der Waals surface area contributed by atoms with Crippen LogP contribution in [-0.2, 0) is 14.3 Å². The maximum Gasteiger partial charge on any atom is 0.407 e. The normalized spacial score (nSPS) is 17.6. The number of carbonyl (C=O) groups excluding carboxylic acids is 2. The molecule has 2 aliphatic carbocycles. The molecule has 0 radical (unpaired) electrons. The largest absolute Gasteiger partial charge is 0.481 e. The highest BCUT2D eigenvalue weighted by Crippen LogP contribution is 2.44. The van der Waals surface area contributed by atoms with Gasteiger partial charge in [0, 0.05) is 18.5 Å². The summed E-state index contributed by atoms with van der Waals surface area (Å²) in [6, 6.07) is 15.8. The Morgan fingerprint density at radius 3 is 2.12 bits per heavy atom. The predicted octanol–water partition coefficient (Wildman–Crippen LogP) is 3.92. The minimum absolute atomic E-state index is 0.0335. The number of alkyl carbamates (subject to hydrolysis) is 1. The lowest BCUT2D eigenvalue weighted by Crippen LogP contribution is -2.50. The van der Waals surface area contributed by atoms with E-state index in [-0.39, 0.29) is 25.0 Å². The van der Waals surface area contributed by atoms with Crippen molar-refractivity contribution in [1.82, 2.24) is 10.6 Å². The summed E-state index contributed by atoms with van der Waals surface area (Å²) in [7, 11) is 0. The van der Waals surface area contributed by atoms with Crippen LogP contribution in [0.1, 0.15) is 50.2 Å². The fourth-order valence-electron chi connectivity index (χ4n) is 4.67. The van der Waals surface area contributed by atoms with Crippen LogP contribution in [-0.4, -0.2) is 42.3 Å². The quantitative estimate of drug-likeness (QED) is 0.565. The van der Waals surface area contributed by atoms with E-state index in [1.807, 2.05) is 24.3 Å². The summed E-state index contributed by atoms with van der Waals surface area (Å²) >= 11 is 0. The zero-order chi connectivity index (χ0) is 23.6. The van der Waals surface area contributed by atoms with E-state index in [1.165, 1.54) is 0 Å². The van der Waals surface area contributed by atoms with Crippen molar-refractivity contribution in [2.24, 2.45) is 11.3 Å². The molecule has 174 valence electrons. The minimum Gasteiger partial charge on any atom is -0.481 e. The first-order valence-electron chi connectivity index (χ1n) is 11.4. The number of fused-ring (bicyclic) bond motifs is 3. The third-order valence-corrected chi connectivity index (χ3v) is 7.22. The highest BCUT2D eigenvalue weighted by Gasteiger charge is 2.44. The molecular formula is C26H30N2O5. The molecule has 3 N–H and O–H groups in total. The zero-order valence-corrected chi connectivity index (χ0v) is 19.0. The van der Waals surface area contributed by atoms with E-state index in [9.17, 15) is 19.5 Å². The molecule has 7 heteroatoms. The SMILES string of the molecule is CC(NC(=O)OCC1c2ccccc2-c2ccccc21)C(C)C(=O)NCC1(C(=O)O)CCC1. The van der Waals surface area contributed by atoms with Gasteiger partial charge >= 0.3 is 12.1 Å². The molecular weight excluding hydrogens is 420 g/mol. The van der Waals surface area contributed by atoms with Crippen molar-refractivity contribution in [1.29, 1.82) is 0 Å². The third kappa shape index (κ3) is 4.45. The van der Waals surface area contributed by atoms with Crippen molar-refractivity contribution < 1.29 is 24.2 Å². The Labute approximate surface area is 193 Å². The van der Waals surface area contributed by atoms with Crippen LogP contribution in [0.3, 0.4) is 0 Å². The second-order valence-electron chi connectivity index (χ2n) is 9.20. The fraction of sp³-hybridized carbons (Fsp3) is 0.423. The summed E-state index contributed by atoms with van der Waals surface area (Å²) in [5.41, 5.74) is 3.74. The number of aliphatic carboxylic acids is 1. The first kappa shape index (κ1) is 22.8. The van der Waals surface area contributed by atoms with E-state index in [4.69, 9.17) is 4.74 Å². The van der Waals surface area contributed by atoms with Crippen LogP contribution < -0.4 is 10.6 Å². The van der Waals surface area contributed by atoms with Crippen molar-refractivity contribution in [3.63, 3.8) is 0 Å². The smallest absolute Gasteiger partial charge is 0.407 e. The van der Waals surface area contributed by atoms with Gasteiger partial charge in [0.25, 0.3) is 0 Å². The molecule has 1 saturated carbocycles. The summed E-state index contributed by atoms with van der Waals surface area (Å²) in [5, 5.41) is 14.9. The van der Waals surface area contributed by atoms with Crippen LogP contribution in [0.2, 0.25) is 0 Å². The molecule has 2 amide bonds. The monoisotopic (exact) mass is 450 g/mol. The van der Waals surface area contributed by atoms with Gasteiger partial charge < -0.3 is 20.5 Å². The third-order valence-electron chi connectivity index (χ3n) is 7.22. The van der Waals surface area contributed by atoms with Gasteiger partial charge in [0.1, 0.15) is 6.61 Å². The molecule has 2 aliphatic rings. The number of benzene rings is 2. The van der Waals surface area contributed by atoms with Crippen molar-refractivity contribution >= 4 is 18.0 Å². The highest BCUT2D eigenvalue weighted by molar-refractivity contribution is 5.82. The van der Waals surface area contributed by atoms with Gasteiger partial charge in [-0.25, -0.2) is 4.79 Å². The van der Waals surface area contributed by atoms with Crippen LogP contribution in [0, 0.1) is 11.3 Å². The maximum absolute atomic E-state index is 12.5. The standard InChI is InChI=1S/C26H30N2O5/c1-16(23(29)27-15-26(24(30)31)12-7-13-26)17(2)28-25(32)33-14-22-20-10-5-3-8-18(20)19-9-4-6-11-21(19)22/h3-6,8-11,16-17,22H,7,12-15H2,1-2H3,(H,27,29)(H,28,32)(H,30,31). The number of carboxylic acids is 1.